The molecule has 90 valence electrons. The van der Waals surface area contributed by atoms with Gasteiger partial charge in [-0.3, -0.25) is 4.98 Å². The van der Waals surface area contributed by atoms with Gasteiger partial charge in [0.1, 0.15) is 0 Å². The van der Waals surface area contributed by atoms with Gasteiger partial charge in [0, 0.05) is 12.4 Å². The maximum Gasteiger partial charge on any atom is 0.350 e. The van der Waals surface area contributed by atoms with Crippen molar-refractivity contribution in [2.45, 2.75) is 19.1 Å². The first-order chi connectivity index (χ1) is 7.92. The molecule has 0 saturated carbocycles. The first-order valence-corrected chi connectivity index (χ1v) is 4.77. The van der Waals surface area contributed by atoms with Gasteiger partial charge in [0.25, 0.3) is 0 Å². The summed E-state index contributed by atoms with van der Waals surface area (Å²) in [5.74, 6) is -1.42. The van der Waals surface area contributed by atoms with E-state index < -0.39 is 23.8 Å². The van der Waals surface area contributed by atoms with E-state index in [2.05, 4.69) is 10.1 Å². The Morgan fingerprint density at radius 3 is 2.88 bits per heavy atom. The molecule has 1 unspecified atom stereocenters. The Bertz CT molecular complexity index is 627. The topological polar surface area (TPSA) is 110 Å². The summed E-state index contributed by atoms with van der Waals surface area (Å²) in [6, 6.07) is 0. The van der Waals surface area contributed by atoms with Crippen LogP contribution in [-0.4, -0.2) is 40.9 Å². The highest BCUT2D eigenvalue weighted by Gasteiger charge is 2.31. The quantitative estimate of drug-likeness (QED) is 0.689. The molecule has 0 aliphatic heterocycles. The summed E-state index contributed by atoms with van der Waals surface area (Å²) >= 11 is 0. The standard InChI is InChI=1S/C9H10N4O4/c1-9(17,7(14)15)5-13-8(16)12-3-2-10-4-6(12)11-13/h2-4,17H,5H2,1H3,(H,14,15). The SMILES string of the molecule is CC(O)(Cn1nc2cnccn2c1=O)C(=O)O. The van der Waals surface area contributed by atoms with Gasteiger partial charge in [-0.1, -0.05) is 0 Å². The Labute approximate surface area is 94.8 Å². The van der Waals surface area contributed by atoms with Crippen molar-refractivity contribution in [2.24, 2.45) is 0 Å². The molecule has 0 fully saturated rings. The highest BCUT2D eigenvalue weighted by atomic mass is 16.4. The first kappa shape index (κ1) is 11.3. The molecule has 0 aromatic carbocycles. The predicted molar refractivity (Wildman–Crippen MR) is 55.5 cm³/mol. The van der Waals surface area contributed by atoms with Crippen molar-refractivity contribution in [3.63, 3.8) is 0 Å². The average Bonchev–Trinajstić information content (AvgIpc) is 2.56. The Hall–Kier alpha value is -2.22. The third-order valence-corrected chi connectivity index (χ3v) is 2.31. The van der Waals surface area contributed by atoms with Crippen LogP contribution < -0.4 is 5.69 Å². The zero-order chi connectivity index (χ0) is 12.6. The van der Waals surface area contributed by atoms with Crippen LogP contribution in [0, 0.1) is 0 Å². The van der Waals surface area contributed by atoms with Gasteiger partial charge in [0.15, 0.2) is 11.2 Å². The van der Waals surface area contributed by atoms with Crippen LogP contribution in [-0.2, 0) is 11.3 Å². The summed E-state index contributed by atoms with van der Waals surface area (Å²) in [7, 11) is 0. The van der Waals surface area contributed by atoms with Crippen molar-refractivity contribution >= 4 is 11.6 Å². The van der Waals surface area contributed by atoms with E-state index in [1.807, 2.05) is 0 Å². The lowest BCUT2D eigenvalue weighted by Crippen LogP contribution is -2.42. The Balaban J connectivity index is 2.47. The van der Waals surface area contributed by atoms with Crippen LogP contribution >= 0.6 is 0 Å². The van der Waals surface area contributed by atoms with E-state index in [-0.39, 0.29) is 0 Å². The monoisotopic (exact) mass is 238 g/mol. The molecular formula is C9H10N4O4. The summed E-state index contributed by atoms with van der Waals surface area (Å²) in [6.45, 7) is 0.673. The summed E-state index contributed by atoms with van der Waals surface area (Å²) in [4.78, 5) is 26.3. The molecule has 2 aromatic rings. The number of nitrogens with zero attached hydrogens (tertiary/aromatic N) is 4. The smallest absolute Gasteiger partial charge is 0.350 e. The molecule has 0 spiro atoms. The normalized spacial score (nSPS) is 14.7. The Kier molecular flexibility index (Phi) is 2.43. The Morgan fingerprint density at radius 2 is 2.29 bits per heavy atom. The van der Waals surface area contributed by atoms with E-state index in [1.54, 1.807) is 0 Å². The van der Waals surface area contributed by atoms with Gasteiger partial charge in [-0.15, -0.1) is 5.10 Å². The van der Waals surface area contributed by atoms with Gasteiger partial charge >= 0.3 is 11.7 Å². The van der Waals surface area contributed by atoms with Crippen LogP contribution in [0.1, 0.15) is 6.92 Å². The fourth-order valence-electron chi connectivity index (χ4n) is 1.34. The van der Waals surface area contributed by atoms with Gasteiger partial charge in [-0.2, -0.15) is 0 Å². The van der Waals surface area contributed by atoms with Crippen molar-refractivity contribution in [3.05, 3.63) is 29.1 Å². The minimum Gasteiger partial charge on any atom is -0.479 e. The first-order valence-electron chi connectivity index (χ1n) is 4.77. The second-order valence-corrected chi connectivity index (χ2v) is 3.82. The number of carbonyl (C=O) groups is 1. The molecule has 1 atom stereocenters. The lowest BCUT2D eigenvalue weighted by atomic mass is 10.1. The van der Waals surface area contributed by atoms with Gasteiger partial charge in [-0.05, 0) is 6.92 Å². The average molecular weight is 238 g/mol. The molecule has 0 radical (unpaired) electrons. The molecule has 8 heteroatoms. The van der Waals surface area contributed by atoms with E-state index in [0.717, 1.165) is 11.6 Å². The van der Waals surface area contributed by atoms with E-state index in [0.29, 0.717) is 5.65 Å². The number of carboxylic acid groups (broad SMARTS) is 1. The maximum atomic E-state index is 11.8. The second-order valence-electron chi connectivity index (χ2n) is 3.82. The van der Waals surface area contributed by atoms with Gasteiger partial charge in [-0.25, -0.2) is 18.7 Å². The number of carboxylic acids is 1. The molecule has 2 heterocycles. The fourth-order valence-corrected chi connectivity index (χ4v) is 1.34. The molecular weight excluding hydrogens is 228 g/mol. The third kappa shape index (κ3) is 1.89. The summed E-state index contributed by atoms with van der Waals surface area (Å²) in [5.41, 5.74) is -2.28. The lowest BCUT2D eigenvalue weighted by molar-refractivity contribution is -0.158. The molecule has 0 saturated heterocycles. The van der Waals surface area contributed by atoms with Gasteiger partial charge in [0.05, 0.1) is 12.7 Å². The minimum absolute atomic E-state index is 0.290. The van der Waals surface area contributed by atoms with Gasteiger partial charge < -0.3 is 10.2 Å². The number of hydrogen-bond acceptors (Lipinski definition) is 5. The fraction of sp³-hybridized carbons (Fsp3) is 0.333. The molecule has 2 N–H and O–H groups in total. The number of aliphatic hydroxyl groups is 1. The van der Waals surface area contributed by atoms with Crippen molar-refractivity contribution < 1.29 is 15.0 Å². The number of aliphatic carboxylic acids is 1. The number of fused-ring (bicyclic) bond motifs is 1. The van der Waals surface area contributed by atoms with Crippen molar-refractivity contribution in [3.8, 4) is 0 Å². The van der Waals surface area contributed by atoms with Crippen LogP contribution in [0.4, 0.5) is 0 Å². The molecule has 0 bridgehead atoms. The molecule has 0 amide bonds. The van der Waals surface area contributed by atoms with Crippen LogP contribution in [0.3, 0.4) is 0 Å². The van der Waals surface area contributed by atoms with Crippen LogP contribution in [0.15, 0.2) is 23.4 Å². The minimum atomic E-state index is -2.05. The van der Waals surface area contributed by atoms with Crippen LogP contribution in [0.25, 0.3) is 5.65 Å². The summed E-state index contributed by atoms with van der Waals surface area (Å²) in [5, 5.41) is 22.2. The molecule has 2 aromatic heterocycles. The molecule has 17 heavy (non-hydrogen) atoms. The zero-order valence-electron chi connectivity index (χ0n) is 8.94. The third-order valence-electron chi connectivity index (χ3n) is 2.31. The number of aromatic nitrogens is 4. The van der Waals surface area contributed by atoms with Crippen LogP contribution in [0.5, 0.6) is 0 Å². The maximum absolute atomic E-state index is 11.8. The van der Waals surface area contributed by atoms with Gasteiger partial charge in [0.2, 0.25) is 0 Å². The molecule has 0 aliphatic carbocycles. The molecule has 2 rings (SSSR count). The lowest BCUT2D eigenvalue weighted by Gasteiger charge is -2.16. The predicted octanol–water partition coefficient (Wildman–Crippen LogP) is -1.27. The second kappa shape index (κ2) is 3.67. The van der Waals surface area contributed by atoms with E-state index in [1.165, 1.54) is 23.0 Å². The summed E-state index contributed by atoms with van der Waals surface area (Å²) in [6.07, 6.45) is 4.19. The largest absolute Gasteiger partial charge is 0.479 e. The Morgan fingerprint density at radius 1 is 1.59 bits per heavy atom. The van der Waals surface area contributed by atoms with Crippen molar-refractivity contribution in [1.82, 2.24) is 19.2 Å². The zero-order valence-corrected chi connectivity index (χ0v) is 8.94. The van der Waals surface area contributed by atoms with Crippen molar-refractivity contribution in [1.29, 1.82) is 0 Å². The van der Waals surface area contributed by atoms with Crippen LogP contribution in [0.2, 0.25) is 0 Å². The summed E-state index contributed by atoms with van der Waals surface area (Å²) < 4.78 is 2.11. The molecule has 8 nitrogen and oxygen atoms in total. The number of rotatable bonds is 3. The highest BCUT2D eigenvalue weighted by molar-refractivity contribution is 5.76. The van der Waals surface area contributed by atoms with E-state index >= 15 is 0 Å². The highest BCUT2D eigenvalue weighted by Crippen LogP contribution is 2.05. The van der Waals surface area contributed by atoms with E-state index in [9.17, 15) is 14.7 Å². The van der Waals surface area contributed by atoms with E-state index in [4.69, 9.17) is 5.11 Å². The molecule has 0 aliphatic rings. The van der Waals surface area contributed by atoms with Crippen molar-refractivity contribution in [2.75, 3.05) is 0 Å². The number of hydrogen-bond donors (Lipinski definition) is 2.